The quantitative estimate of drug-likeness (QED) is 0.688. The number of benzene rings is 1. The lowest BCUT2D eigenvalue weighted by Gasteiger charge is -2.10. The first-order valence-corrected chi connectivity index (χ1v) is 8.14. The standard InChI is InChI=1S/C20H22N2O3/c1-3-15(14-20(23)24)13-16-7-9-18(10-8-16)25-12-11-17-5-4-6-19(21-2)22-17/h1,4-10,15H,11-14H2,2H3,(H,21,22)(H,23,24). The van der Waals surface area contributed by atoms with E-state index in [0.717, 1.165) is 29.2 Å². The van der Waals surface area contributed by atoms with Gasteiger partial charge in [-0.25, -0.2) is 4.98 Å². The van der Waals surface area contributed by atoms with E-state index < -0.39 is 5.97 Å². The Kier molecular flexibility index (Phi) is 6.85. The molecule has 0 saturated heterocycles. The van der Waals surface area contributed by atoms with E-state index in [4.69, 9.17) is 16.3 Å². The number of terminal acetylenes is 1. The molecule has 1 atom stereocenters. The van der Waals surface area contributed by atoms with Gasteiger partial charge in [0, 0.05) is 25.1 Å². The highest BCUT2D eigenvalue weighted by Crippen LogP contribution is 2.17. The number of rotatable bonds is 9. The Morgan fingerprint density at radius 3 is 2.72 bits per heavy atom. The van der Waals surface area contributed by atoms with E-state index in [1.54, 1.807) is 0 Å². The number of hydrogen-bond donors (Lipinski definition) is 2. The van der Waals surface area contributed by atoms with Crippen LogP contribution >= 0.6 is 0 Å². The van der Waals surface area contributed by atoms with Gasteiger partial charge in [0.2, 0.25) is 0 Å². The molecule has 0 aliphatic rings. The summed E-state index contributed by atoms with van der Waals surface area (Å²) in [7, 11) is 1.84. The molecule has 2 aromatic rings. The van der Waals surface area contributed by atoms with Gasteiger partial charge in [0.15, 0.2) is 0 Å². The predicted octanol–water partition coefficient (Wildman–Crippen LogP) is 3.01. The SMILES string of the molecule is C#CC(CC(=O)O)Cc1ccc(OCCc2cccc(NC)n2)cc1. The maximum Gasteiger partial charge on any atom is 0.304 e. The van der Waals surface area contributed by atoms with Crippen molar-refractivity contribution >= 4 is 11.8 Å². The summed E-state index contributed by atoms with van der Waals surface area (Å²) in [6.45, 7) is 0.533. The minimum atomic E-state index is -0.876. The van der Waals surface area contributed by atoms with Crippen molar-refractivity contribution in [3.05, 3.63) is 53.7 Å². The van der Waals surface area contributed by atoms with Crippen molar-refractivity contribution in [2.24, 2.45) is 5.92 Å². The molecular weight excluding hydrogens is 316 g/mol. The maximum absolute atomic E-state index is 10.8. The van der Waals surface area contributed by atoms with Crippen molar-refractivity contribution in [2.75, 3.05) is 19.0 Å². The molecule has 0 bridgehead atoms. The number of hydrogen-bond acceptors (Lipinski definition) is 4. The summed E-state index contributed by atoms with van der Waals surface area (Å²) in [6, 6.07) is 13.4. The molecule has 1 aromatic carbocycles. The number of pyridine rings is 1. The van der Waals surface area contributed by atoms with Crippen molar-refractivity contribution in [2.45, 2.75) is 19.3 Å². The van der Waals surface area contributed by atoms with E-state index in [0.29, 0.717) is 13.0 Å². The molecule has 0 spiro atoms. The van der Waals surface area contributed by atoms with Gasteiger partial charge in [0.25, 0.3) is 0 Å². The monoisotopic (exact) mass is 338 g/mol. The fourth-order valence-electron chi connectivity index (χ4n) is 2.44. The fraction of sp³-hybridized carbons (Fsp3) is 0.300. The summed E-state index contributed by atoms with van der Waals surface area (Å²) in [5.74, 6) is 2.97. The minimum absolute atomic E-state index is 0.0204. The predicted molar refractivity (Wildman–Crippen MR) is 97.7 cm³/mol. The van der Waals surface area contributed by atoms with Crippen molar-refractivity contribution in [1.29, 1.82) is 0 Å². The molecule has 0 saturated carbocycles. The highest BCUT2D eigenvalue weighted by Gasteiger charge is 2.11. The number of anilines is 1. The van der Waals surface area contributed by atoms with Gasteiger partial charge in [0.1, 0.15) is 11.6 Å². The fourth-order valence-corrected chi connectivity index (χ4v) is 2.44. The summed E-state index contributed by atoms with van der Waals surface area (Å²) in [5, 5.41) is 11.8. The molecule has 0 aliphatic heterocycles. The molecule has 2 rings (SSSR count). The van der Waals surface area contributed by atoms with Crippen molar-refractivity contribution < 1.29 is 14.6 Å². The number of nitrogens with zero attached hydrogens (tertiary/aromatic N) is 1. The lowest BCUT2D eigenvalue weighted by molar-refractivity contribution is -0.137. The molecule has 25 heavy (non-hydrogen) atoms. The lowest BCUT2D eigenvalue weighted by Crippen LogP contribution is -2.08. The Labute approximate surface area is 148 Å². The van der Waals surface area contributed by atoms with Crippen LogP contribution in [0.1, 0.15) is 17.7 Å². The van der Waals surface area contributed by atoms with Gasteiger partial charge in [-0.15, -0.1) is 12.3 Å². The average Bonchev–Trinajstić information content (AvgIpc) is 2.62. The van der Waals surface area contributed by atoms with Gasteiger partial charge in [-0.2, -0.15) is 0 Å². The molecule has 0 fully saturated rings. The topological polar surface area (TPSA) is 71.5 Å². The molecule has 0 aliphatic carbocycles. The van der Waals surface area contributed by atoms with E-state index in [-0.39, 0.29) is 12.3 Å². The van der Waals surface area contributed by atoms with Crippen LogP contribution in [-0.4, -0.2) is 29.7 Å². The Balaban J connectivity index is 1.83. The number of aromatic nitrogens is 1. The van der Waals surface area contributed by atoms with Crippen LogP contribution in [0.2, 0.25) is 0 Å². The molecule has 0 radical (unpaired) electrons. The highest BCUT2D eigenvalue weighted by atomic mass is 16.5. The van der Waals surface area contributed by atoms with Gasteiger partial charge in [0.05, 0.1) is 13.0 Å². The molecule has 5 heteroatoms. The molecule has 130 valence electrons. The number of carbonyl (C=O) groups is 1. The first-order valence-electron chi connectivity index (χ1n) is 8.14. The molecule has 1 heterocycles. The number of aliphatic carboxylic acids is 1. The van der Waals surface area contributed by atoms with Crippen LogP contribution < -0.4 is 10.1 Å². The second-order valence-corrected chi connectivity index (χ2v) is 5.67. The third-order valence-corrected chi connectivity index (χ3v) is 3.75. The van der Waals surface area contributed by atoms with Crippen LogP contribution in [0.3, 0.4) is 0 Å². The second kappa shape index (κ2) is 9.33. The summed E-state index contributed by atoms with van der Waals surface area (Å²) < 4.78 is 5.74. The van der Waals surface area contributed by atoms with Crippen LogP contribution in [0.4, 0.5) is 5.82 Å². The molecule has 1 aromatic heterocycles. The van der Waals surface area contributed by atoms with Gasteiger partial charge in [-0.05, 0) is 36.2 Å². The van der Waals surface area contributed by atoms with Crippen LogP contribution in [0.25, 0.3) is 0 Å². The number of carboxylic acids is 1. The number of carboxylic acid groups (broad SMARTS) is 1. The van der Waals surface area contributed by atoms with Gasteiger partial charge < -0.3 is 15.2 Å². The molecular formula is C20H22N2O3. The van der Waals surface area contributed by atoms with Crippen molar-refractivity contribution in [3.63, 3.8) is 0 Å². The number of ether oxygens (including phenoxy) is 1. The second-order valence-electron chi connectivity index (χ2n) is 5.67. The first kappa shape index (κ1) is 18.3. The van der Waals surface area contributed by atoms with Gasteiger partial charge >= 0.3 is 5.97 Å². The summed E-state index contributed by atoms with van der Waals surface area (Å²) in [4.78, 5) is 15.2. The molecule has 1 unspecified atom stereocenters. The lowest BCUT2D eigenvalue weighted by atomic mass is 9.97. The highest BCUT2D eigenvalue weighted by molar-refractivity contribution is 5.67. The third kappa shape index (κ3) is 6.19. The Bertz CT molecular complexity index is 735. The van der Waals surface area contributed by atoms with Crippen LogP contribution in [0.15, 0.2) is 42.5 Å². The third-order valence-electron chi connectivity index (χ3n) is 3.75. The normalized spacial score (nSPS) is 11.4. The zero-order valence-electron chi connectivity index (χ0n) is 14.2. The van der Waals surface area contributed by atoms with Crippen LogP contribution in [0.5, 0.6) is 5.75 Å². The van der Waals surface area contributed by atoms with E-state index >= 15 is 0 Å². The smallest absolute Gasteiger partial charge is 0.304 e. The van der Waals surface area contributed by atoms with Gasteiger partial charge in [-0.3, -0.25) is 4.79 Å². The van der Waals surface area contributed by atoms with E-state index in [1.165, 1.54) is 0 Å². The average molecular weight is 338 g/mol. The van der Waals surface area contributed by atoms with Crippen LogP contribution in [0, 0.1) is 18.3 Å². The number of nitrogens with one attached hydrogen (secondary N) is 1. The zero-order chi connectivity index (χ0) is 18.1. The van der Waals surface area contributed by atoms with E-state index in [1.807, 2.05) is 49.5 Å². The molecule has 0 amide bonds. The Hall–Kier alpha value is -3.00. The van der Waals surface area contributed by atoms with Crippen LogP contribution in [-0.2, 0) is 17.6 Å². The Morgan fingerprint density at radius 2 is 2.08 bits per heavy atom. The van der Waals surface area contributed by atoms with Gasteiger partial charge in [-0.1, -0.05) is 18.2 Å². The largest absolute Gasteiger partial charge is 0.493 e. The molecule has 2 N–H and O–H groups in total. The van der Waals surface area contributed by atoms with Crippen molar-refractivity contribution in [1.82, 2.24) is 4.98 Å². The minimum Gasteiger partial charge on any atom is -0.493 e. The van der Waals surface area contributed by atoms with Crippen molar-refractivity contribution in [3.8, 4) is 18.1 Å². The molecule has 5 nitrogen and oxygen atoms in total. The zero-order valence-corrected chi connectivity index (χ0v) is 14.2. The maximum atomic E-state index is 10.8. The first-order chi connectivity index (χ1) is 12.1. The Morgan fingerprint density at radius 1 is 1.32 bits per heavy atom. The summed E-state index contributed by atoms with van der Waals surface area (Å²) in [5.41, 5.74) is 1.97. The van der Waals surface area contributed by atoms with E-state index in [2.05, 4.69) is 16.2 Å². The summed E-state index contributed by atoms with van der Waals surface area (Å²) >= 11 is 0. The van der Waals surface area contributed by atoms with E-state index in [9.17, 15) is 4.79 Å². The summed E-state index contributed by atoms with van der Waals surface area (Å²) in [6.07, 6.45) is 6.63.